The van der Waals surface area contributed by atoms with Gasteiger partial charge in [-0.2, -0.15) is 18.3 Å². The molecule has 5 nitrogen and oxygen atoms in total. The lowest BCUT2D eigenvalue weighted by molar-refractivity contribution is -0.137. The molecule has 146 valence electrons. The lowest BCUT2D eigenvalue weighted by atomic mass is 9.80. The van der Waals surface area contributed by atoms with Crippen LogP contribution < -0.4 is 4.74 Å². The molecule has 1 atom stereocenters. The van der Waals surface area contributed by atoms with Crippen molar-refractivity contribution in [2.45, 2.75) is 31.7 Å². The van der Waals surface area contributed by atoms with Crippen molar-refractivity contribution in [2.24, 2.45) is 0 Å². The molecule has 0 spiro atoms. The molecular formula is C20H18F3N3O2. The van der Waals surface area contributed by atoms with Gasteiger partial charge in [0.2, 0.25) is 5.78 Å². The number of nitrogens with zero attached hydrogens (tertiary/aromatic N) is 3. The van der Waals surface area contributed by atoms with Crippen molar-refractivity contribution >= 4 is 5.78 Å². The molecule has 1 aromatic heterocycles. The molecule has 0 aliphatic carbocycles. The molecule has 1 heterocycles. The molecule has 0 aliphatic heterocycles. The Kier molecular flexibility index (Phi) is 5.22. The number of Topliss-reactive ketones (excluding diaryl/α,β-unsaturated/α-hetero) is 1. The van der Waals surface area contributed by atoms with E-state index in [2.05, 4.69) is 10.1 Å². The third-order valence-electron chi connectivity index (χ3n) is 4.42. The molecular weight excluding hydrogens is 371 g/mol. The zero-order valence-corrected chi connectivity index (χ0v) is 15.2. The SMILES string of the molecule is CC(C)(C(=O)C(Oc1cccc(C(F)(F)F)c1)n1cncn1)c1ccccc1. The third-order valence-corrected chi connectivity index (χ3v) is 4.42. The van der Waals surface area contributed by atoms with Gasteiger partial charge in [0.25, 0.3) is 6.23 Å². The van der Waals surface area contributed by atoms with Gasteiger partial charge in [-0.25, -0.2) is 9.67 Å². The minimum absolute atomic E-state index is 0.0902. The van der Waals surface area contributed by atoms with Crippen LogP contribution in [0.3, 0.4) is 0 Å². The number of ketones is 1. The first-order valence-electron chi connectivity index (χ1n) is 8.47. The minimum atomic E-state index is -4.52. The maximum Gasteiger partial charge on any atom is 0.416 e. The van der Waals surface area contributed by atoms with E-state index >= 15 is 0 Å². The second-order valence-corrected chi connectivity index (χ2v) is 6.73. The molecule has 28 heavy (non-hydrogen) atoms. The zero-order valence-electron chi connectivity index (χ0n) is 15.2. The summed E-state index contributed by atoms with van der Waals surface area (Å²) in [6.45, 7) is 3.45. The monoisotopic (exact) mass is 389 g/mol. The van der Waals surface area contributed by atoms with E-state index in [1.165, 1.54) is 29.5 Å². The second kappa shape index (κ2) is 7.46. The summed E-state index contributed by atoms with van der Waals surface area (Å²) in [7, 11) is 0. The van der Waals surface area contributed by atoms with Crippen LogP contribution in [-0.2, 0) is 16.4 Å². The van der Waals surface area contributed by atoms with Crippen LogP contribution in [0.15, 0.2) is 67.3 Å². The van der Waals surface area contributed by atoms with Gasteiger partial charge >= 0.3 is 6.18 Å². The number of benzene rings is 2. The van der Waals surface area contributed by atoms with Crippen molar-refractivity contribution in [3.63, 3.8) is 0 Å². The lowest BCUT2D eigenvalue weighted by Gasteiger charge is -2.29. The summed E-state index contributed by atoms with van der Waals surface area (Å²) in [4.78, 5) is 17.1. The quantitative estimate of drug-likeness (QED) is 0.626. The average Bonchev–Trinajstić information content (AvgIpc) is 3.20. The van der Waals surface area contributed by atoms with Crippen LogP contribution in [0.4, 0.5) is 13.2 Å². The Balaban J connectivity index is 1.96. The van der Waals surface area contributed by atoms with Crippen LogP contribution in [0.1, 0.15) is 31.2 Å². The molecule has 1 unspecified atom stereocenters. The number of carbonyl (C=O) groups is 1. The van der Waals surface area contributed by atoms with E-state index in [1.54, 1.807) is 26.0 Å². The highest BCUT2D eigenvalue weighted by Crippen LogP contribution is 2.34. The Labute approximate surface area is 159 Å². The molecule has 0 radical (unpaired) electrons. The van der Waals surface area contributed by atoms with Crippen LogP contribution in [-0.4, -0.2) is 20.5 Å². The molecule has 2 aromatic carbocycles. The molecule has 8 heteroatoms. The van der Waals surface area contributed by atoms with Crippen molar-refractivity contribution in [1.82, 2.24) is 14.8 Å². The first-order chi connectivity index (χ1) is 13.2. The van der Waals surface area contributed by atoms with Gasteiger partial charge in [0.15, 0.2) is 0 Å². The van der Waals surface area contributed by atoms with Crippen LogP contribution in [0.25, 0.3) is 0 Å². The average molecular weight is 389 g/mol. The summed E-state index contributed by atoms with van der Waals surface area (Å²) in [6, 6.07) is 13.4. The summed E-state index contributed by atoms with van der Waals surface area (Å²) in [6.07, 6.45) is -3.28. The van der Waals surface area contributed by atoms with Gasteiger partial charge in [-0.3, -0.25) is 4.79 Å². The van der Waals surface area contributed by atoms with Gasteiger partial charge in [0.05, 0.1) is 11.0 Å². The summed E-state index contributed by atoms with van der Waals surface area (Å²) in [5, 5.41) is 3.95. The highest BCUT2D eigenvalue weighted by Gasteiger charge is 2.38. The molecule has 0 fully saturated rings. The van der Waals surface area contributed by atoms with Crippen molar-refractivity contribution in [3.05, 3.63) is 78.4 Å². The fourth-order valence-electron chi connectivity index (χ4n) is 2.75. The first kappa shape index (κ1) is 19.6. The summed E-state index contributed by atoms with van der Waals surface area (Å²) >= 11 is 0. The normalized spacial score (nSPS) is 13.2. The van der Waals surface area contributed by atoms with Crippen molar-refractivity contribution < 1.29 is 22.7 Å². The zero-order chi connectivity index (χ0) is 20.4. The van der Waals surface area contributed by atoms with Gasteiger partial charge in [-0.05, 0) is 37.6 Å². The first-order valence-corrected chi connectivity index (χ1v) is 8.47. The largest absolute Gasteiger partial charge is 0.461 e. The summed E-state index contributed by atoms with van der Waals surface area (Å²) in [5.74, 6) is -0.464. The maximum atomic E-state index is 13.3. The van der Waals surface area contributed by atoms with E-state index in [1.807, 2.05) is 18.2 Å². The molecule has 0 saturated heterocycles. The number of hydrogen-bond donors (Lipinski definition) is 0. The fraction of sp³-hybridized carbons (Fsp3) is 0.250. The number of halogens is 3. The number of alkyl halides is 3. The molecule has 3 aromatic rings. The Morgan fingerprint density at radius 2 is 1.71 bits per heavy atom. The molecule has 0 saturated carbocycles. The van der Waals surface area contributed by atoms with Crippen LogP contribution >= 0.6 is 0 Å². The van der Waals surface area contributed by atoms with Gasteiger partial charge in [0, 0.05) is 0 Å². The predicted octanol–water partition coefficient (Wildman–Crippen LogP) is 4.42. The van der Waals surface area contributed by atoms with Gasteiger partial charge in [-0.1, -0.05) is 36.4 Å². The Morgan fingerprint density at radius 3 is 2.32 bits per heavy atom. The Morgan fingerprint density at radius 1 is 1.04 bits per heavy atom. The van der Waals surface area contributed by atoms with Crippen LogP contribution in [0.5, 0.6) is 5.75 Å². The molecule has 3 rings (SSSR count). The fourth-order valence-corrected chi connectivity index (χ4v) is 2.75. The van der Waals surface area contributed by atoms with Crippen LogP contribution in [0, 0.1) is 0 Å². The lowest BCUT2D eigenvalue weighted by Crippen LogP contribution is -2.39. The maximum absolute atomic E-state index is 13.3. The molecule has 0 bridgehead atoms. The highest BCUT2D eigenvalue weighted by molar-refractivity contribution is 5.91. The standard InChI is InChI=1S/C20H18F3N3O2/c1-19(2,14-7-4-3-5-8-14)17(27)18(26-13-24-12-25-26)28-16-10-6-9-15(11-16)20(21,22)23/h3-13,18H,1-2H3. The number of hydrogen-bond acceptors (Lipinski definition) is 4. The summed E-state index contributed by atoms with van der Waals surface area (Å²) in [5.41, 5.74) is -1.09. The smallest absolute Gasteiger partial charge is 0.416 e. The molecule has 0 aliphatic rings. The van der Waals surface area contributed by atoms with Gasteiger partial charge in [0.1, 0.15) is 18.4 Å². The highest BCUT2D eigenvalue weighted by atomic mass is 19.4. The molecule has 0 amide bonds. The number of rotatable bonds is 6. The van der Waals surface area contributed by atoms with Crippen LogP contribution in [0.2, 0.25) is 0 Å². The topological polar surface area (TPSA) is 57.0 Å². The van der Waals surface area contributed by atoms with E-state index in [0.29, 0.717) is 0 Å². The van der Waals surface area contributed by atoms with Crippen molar-refractivity contribution in [1.29, 1.82) is 0 Å². The molecule has 0 N–H and O–H groups in total. The van der Waals surface area contributed by atoms with E-state index in [9.17, 15) is 18.0 Å². The van der Waals surface area contributed by atoms with Gasteiger partial charge < -0.3 is 4.74 Å². The van der Waals surface area contributed by atoms with Crippen molar-refractivity contribution in [2.75, 3.05) is 0 Å². The number of carbonyl (C=O) groups excluding carboxylic acids is 1. The number of aromatic nitrogens is 3. The Hall–Kier alpha value is -3.16. The third kappa shape index (κ3) is 4.05. The van der Waals surface area contributed by atoms with Gasteiger partial charge in [-0.15, -0.1) is 0 Å². The predicted molar refractivity (Wildman–Crippen MR) is 95.6 cm³/mol. The van der Waals surface area contributed by atoms with E-state index in [0.717, 1.165) is 17.7 Å². The van der Waals surface area contributed by atoms with E-state index < -0.39 is 23.4 Å². The summed E-state index contributed by atoms with van der Waals surface area (Å²) < 4.78 is 45.9. The Bertz CT molecular complexity index is 939. The van der Waals surface area contributed by atoms with Crippen molar-refractivity contribution in [3.8, 4) is 5.75 Å². The number of ether oxygens (including phenoxy) is 1. The van der Waals surface area contributed by atoms with E-state index in [-0.39, 0.29) is 11.5 Å². The van der Waals surface area contributed by atoms with E-state index in [4.69, 9.17) is 4.74 Å². The minimum Gasteiger partial charge on any atom is -0.461 e. The second-order valence-electron chi connectivity index (χ2n) is 6.73.